The monoisotopic (exact) mass is 242 g/mol. The van der Waals surface area contributed by atoms with Crippen LogP contribution in [0.25, 0.3) is 0 Å². The second-order valence-electron chi connectivity index (χ2n) is 6.69. The average molecular weight is 242 g/mol. The largest absolute Gasteiger partial charge is 0.396 e. The summed E-state index contributed by atoms with van der Waals surface area (Å²) in [6.07, 6.45) is 2.64. The Morgan fingerprint density at radius 3 is 2.71 bits per heavy atom. The number of aliphatic hydroxyl groups excluding tert-OH is 1. The molecule has 2 N–H and O–H groups in total. The molecule has 0 aromatic heterocycles. The lowest BCUT2D eigenvalue weighted by Crippen LogP contribution is -2.45. The van der Waals surface area contributed by atoms with Crippen LogP contribution in [0.1, 0.15) is 40.5 Å². The number of piperidine rings is 1. The predicted octanol–water partition coefficient (Wildman–Crippen LogP) is 1.71. The van der Waals surface area contributed by atoms with Gasteiger partial charge in [-0.15, -0.1) is 0 Å². The second-order valence-corrected chi connectivity index (χ2v) is 6.69. The highest BCUT2D eigenvalue weighted by molar-refractivity contribution is 4.79. The Labute approximate surface area is 107 Å². The highest BCUT2D eigenvalue weighted by Gasteiger charge is 2.22. The molecule has 1 aliphatic heterocycles. The van der Waals surface area contributed by atoms with Gasteiger partial charge in [0.1, 0.15) is 0 Å². The maximum atomic E-state index is 9.10. The molecule has 0 radical (unpaired) electrons. The van der Waals surface area contributed by atoms with E-state index in [-0.39, 0.29) is 5.54 Å². The van der Waals surface area contributed by atoms with Crippen LogP contribution in [0, 0.1) is 11.8 Å². The van der Waals surface area contributed by atoms with Crippen LogP contribution in [0.5, 0.6) is 0 Å². The van der Waals surface area contributed by atoms with Crippen molar-refractivity contribution in [1.82, 2.24) is 10.2 Å². The molecule has 1 fully saturated rings. The zero-order chi connectivity index (χ0) is 12.9. The molecule has 0 aliphatic carbocycles. The molecule has 1 aliphatic rings. The standard InChI is InChI=1S/C14H30N2O/c1-12(11-17)9-16-7-5-6-13(10-16)8-15-14(2,3)4/h12-13,15,17H,5-11H2,1-4H3. The van der Waals surface area contributed by atoms with Gasteiger partial charge in [-0.05, 0) is 58.5 Å². The molecular weight excluding hydrogens is 212 g/mol. The van der Waals surface area contributed by atoms with Gasteiger partial charge in [0.25, 0.3) is 0 Å². The van der Waals surface area contributed by atoms with E-state index in [1.165, 1.54) is 25.9 Å². The fraction of sp³-hybridized carbons (Fsp3) is 1.00. The van der Waals surface area contributed by atoms with E-state index in [9.17, 15) is 0 Å². The Hall–Kier alpha value is -0.120. The van der Waals surface area contributed by atoms with Crippen molar-refractivity contribution in [3.05, 3.63) is 0 Å². The summed E-state index contributed by atoms with van der Waals surface area (Å²) in [7, 11) is 0. The first-order valence-corrected chi connectivity index (χ1v) is 6.99. The SMILES string of the molecule is CC(CO)CN1CCCC(CNC(C)(C)C)C1. The van der Waals surface area contributed by atoms with Crippen molar-refractivity contribution in [2.45, 2.75) is 46.1 Å². The first-order valence-electron chi connectivity index (χ1n) is 6.99. The lowest BCUT2D eigenvalue weighted by molar-refractivity contribution is 0.125. The molecule has 3 heteroatoms. The molecule has 0 spiro atoms. The van der Waals surface area contributed by atoms with E-state index in [4.69, 9.17) is 5.11 Å². The zero-order valence-corrected chi connectivity index (χ0v) is 12.0. The lowest BCUT2D eigenvalue weighted by atomic mass is 9.96. The molecular formula is C14H30N2O. The van der Waals surface area contributed by atoms with Gasteiger partial charge in [0.2, 0.25) is 0 Å². The van der Waals surface area contributed by atoms with Gasteiger partial charge in [-0.2, -0.15) is 0 Å². The van der Waals surface area contributed by atoms with Crippen LogP contribution in [0.3, 0.4) is 0 Å². The van der Waals surface area contributed by atoms with Gasteiger partial charge >= 0.3 is 0 Å². The summed E-state index contributed by atoms with van der Waals surface area (Å²) < 4.78 is 0. The zero-order valence-electron chi connectivity index (χ0n) is 12.0. The van der Waals surface area contributed by atoms with Crippen LogP contribution in [0.15, 0.2) is 0 Å². The molecule has 0 saturated carbocycles. The van der Waals surface area contributed by atoms with Crippen LogP contribution >= 0.6 is 0 Å². The van der Waals surface area contributed by atoms with Crippen molar-refractivity contribution in [2.75, 3.05) is 32.8 Å². The fourth-order valence-electron chi connectivity index (χ4n) is 2.43. The molecule has 0 aromatic rings. The van der Waals surface area contributed by atoms with E-state index in [0.717, 1.165) is 19.0 Å². The summed E-state index contributed by atoms with van der Waals surface area (Å²) in [5, 5.41) is 12.7. The minimum Gasteiger partial charge on any atom is -0.396 e. The minimum absolute atomic E-state index is 0.223. The van der Waals surface area contributed by atoms with Gasteiger partial charge in [0.15, 0.2) is 0 Å². The first kappa shape index (κ1) is 14.9. The fourth-order valence-corrected chi connectivity index (χ4v) is 2.43. The molecule has 1 rings (SSSR count). The van der Waals surface area contributed by atoms with Crippen molar-refractivity contribution in [3.63, 3.8) is 0 Å². The van der Waals surface area contributed by atoms with E-state index in [2.05, 4.69) is 37.9 Å². The molecule has 0 amide bonds. The Kier molecular flexibility index (Phi) is 5.90. The lowest BCUT2D eigenvalue weighted by Gasteiger charge is -2.35. The quantitative estimate of drug-likeness (QED) is 0.770. The molecule has 2 unspecified atom stereocenters. The third-order valence-corrected chi connectivity index (χ3v) is 3.41. The number of rotatable bonds is 5. The molecule has 2 atom stereocenters. The predicted molar refractivity (Wildman–Crippen MR) is 73.2 cm³/mol. The molecule has 0 bridgehead atoms. The van der Waals surface area contributed by atoms with Gasteiger partial charge in [-0.3, -0.25) is 0 Å². The smallest absolute Gasteiger partial charge is 0.0468 e. The second kappa shape index (κ2) is 6.72. The van der Waals surface area contributed by atoms with Gasteiger partial charge in [0, 0.05) is 25.2 Å². The van der Waals surface area contributed by atoms with Crippen molar-refractivity contribution < 1.29 is 5.11 Å². The Balaban J connectivity index is 2.28. The van der Waals surface area contributed by atoms with Crippen LogP contribution in [-0.4, -0.2) is 48.3 Å². The summed E-state index contributed by atoms with van der Waals surface area (Å²) in [4.78, 5) is 2.51. The first-order chi connectivity index (χ1) is 7.90. The van der Waals surface area contributed by atoms with Gasteiger partial charge < -0.3 is 15.3 Å². The number of aliphatic hydroxyl groups is 1. The topological polar surface area (TPSA) is 35.5 Å². The van der Waals surface area contributed by atoms with Crippen LogP contribution in [-0.2, 0) is 0 Å². The Morgan fingerprint density at radius 2 is 2.12 bits per heavy atom. The van der Waals surface area contributed by atoms with E-state index in [0.29, 0.717) is 12.5 Å². The Bertz CT molecular complexity index is 213. The third kappa shape index (κ3) is 6.39. The average Bonchev–Trinajstić information content (AvgIpc) is 2.26. The van der Waals surface area contributed by atoms with Gasteiger partial charge in [-0.25, -0.2) is 0 Å². The maximum Gasteiger partial charge on any atom is 0.0468 e. The highest BCUT2D eigenvalue weighted by Crippen LogP contribution is 2.17. The molecule has 17 heavy (non-hydrogen) atoms. The van der Waals surface area contributed by atoms with Crippen LogP contribution in [0.4, 0.5) is 0 Å². The number of nitrogens with one attached hydrogen (secondary N) is 1. The van der Waals surface area contributed by atoms with Crippen LogP contribution < -0.4 is 5.32 Å². The molecule has 1 heterocycles. The molecule has 3 nitrogen and oxygen atoms in total. The van der Waals surface area contributed by atoms with Crippen molar-refractivity contribution in [1.29, 1.82) is 0 Å². The molecule has 102 valence electrons. The minimum atomic E-state index is 0.223. The van der Waals surface area contributed by atoms with Crippen molar-refractivity contribution in [3.8, 4) is 0 Å². The number of likely N-dealkylation sites (tertiary alicyclic amines) is 1. The van der Waals surface area contributed by atoms with Gasteiger partial charge in [0.05, 0.1) is 0 Å². The van der Waals surface area contributed by atoms with Crippen molar-refractivity contribution in [2.24, 2.45) is 11.8 Å². The summed E-state index contributed by atoms with van der Waals surface area (Å²) in [5.41, 5.74) is 0.223. The maximum absolute atomic E-state index is 9.10. The Morgan fingerprint density at radius 1 is 1.41 bits per heavy atom. The van der Waals surface area contributed by atoms with E-state index >= 15 is 0 Å². The number of hydrogen-bond acceptors (Lipinski definition) is 3. The number of hydrogen-bond donors (Lipinski definition) is 2. The van der Waals surface area contributed by atoms with Crippen molar-refractivity contribution >= 4 is 0 Å². The highest BCUT2D eigenvalue weighted by atomic mass is 16.3. The van der Waals surface area contributed by atoms with E-state index < -0.39 is 0 Å². The third-order valence-electron chi connectivity index (χ3n) is 3.41. The number of nitrogens with zero attached hydrogens (tertiary/aromatic N) is 1. The summed E-state index contributed by atoms with van der Waals surface area (Å²) in [6, 6.07) is 0. The summed E-state index contributed by atoms with van der Waals surface area (Å²) in [6.45, 7) is 13.7. The van der Waals surface area contributed by atoms with Gasteiger partial charge in [-0.1, -0.05) is 6.92 Å². The van der Waals surface area contributed by atoms with Crippen LogP contribution in [0.2, 0.25) is 0 Å². The summed E-state index contributed by atoms with van der Waals surface area (Å²) >= 11 is 0. The normalized spacial score (nSPS) is 24.9. The molecule has 1 saturated heterocycles. The summed E-state index contributed by atoms with van der Waals surface area (Å²) in [5.74, 6) is 1.18. The van der Waals surface area contributed by atoms with E-state index in [1.54, 1.807) is 0 Å². The molecule has 0 aromatic carbocycles. The van der Waals surface area contributed by atoms with E-state index in [1.807, 2.05) is 0 Å².